The predicted molar refractivity (Wildman–Crippen MR) is 150 cm³/mol. The summed E-state index contributed by atoms with van der Waals surface area (Å²) in [6.07, 6.45) is -3.98. The maximum absolute atomic E-state index is 13.8. The summed E-state index contributed by atoms with van der Waals surface area (Å²) in [6, 6.07) is 4.86. The lowest BCUT2D eigenvalue weighted by molar-refractivity contribution is -0.274. The number of aromatic nitrogens is 4. The van der Waals surface area contributed by atoms with Crippen molar-refractivity contribution >= 4 is 23.2 Å². The van der Waals surface area contributed by atoms with E-state index in [9.17, 15) is 27.6 Å². The molecule has 1 N–H and O–H groups in total. The minimum atomic E-state index is -4.89. The van der Waals surface area contributed by atoms with Gasteiger partial charge in [0.1, 0.15) is 11.4 Å². The number of carbonyl (C=O) groups is 1. The van der Waals surface area contributed by atoms with Crippen LogP contribution in [0.4, 0.5) is 23.9 Å². The molecule has 14 heteroatoms. The molecule has 1 aliphatic heterocycles. The number of alkyl halides is 3. The second-order valence-electron chi connectivity index (χ2n) is 11.0. The number of nitrogens with zero attached hydrogens (tertiary/aromatic N) is 5. The van der Waals surface area contributed by atoms with E-state index < -0.39 is 35.1 Å². The monoisotopic (exact) mass is 590 g/mol. The highest BCUT2D eigenvalue weighted by atomic mass is 19.4. The topological polar surface area (TPSA) is 113 Å². The number of rotatable bonds is 6. The third-order valence-electron chi connectivity index (χ3n) is 6.52. The number of aryl methyl sites for hydroxylation is 1. The maximum Gasteiger partial charge on any atom is 0.573 e. The van der Waals surface area contributed by atoms with Crippen LogP contribution in [0.5, 0.6) is 5.75 Å². The summed E-state index contributed by atoms with van der Waals surface area (Å²) < 4.78 is 51.4. The Morgan fingerprint density at radius 1 is 1.19 bits per heavy atom. The van der Waals surface area contributed by atoms with Gasteiger partial charge in [0.25, 0.3) is 5.56 Å². The number of fused-ring (bicyclic) bond motifs is 1. The number of halogens is 3. The number of amides is 1. The Balaban J connectivity index is 1.73. The van der Waals surface area contributed by atoms with Crippen molar-refractivity contribution in [3.05, 3.63) is 50.7 Å². The van der Waals surface area contributed by atoms with Gasteiger partial charge in [0.2, 0.25) is 5.95 Å². The van der Waals surface area contributed by atoms with Crippen molar-refractivity contribution in [2.45, 2.75) is 71.6 Å². The van der Waals surface area contributed by atoms with Crippen molar-refractivity contribution in [3.63, 3.8) is 0 Å². The van der Waals surface area contributed by atoms with Crippen LogP contribution in [0.2, 0.25) is 0 Å². The van der Waals surface area contributed by atoms with Crippen molar-refractivity contribution in [1.82, 2.24) is 24.0 Å². The van der Waals surface area contributed by atoms with Gasteiger partial charge in [-0.25, -0.2) is 9.59 Å². The highest BCUT2D eigenvalue weighted by Gasteiger charge is 2.31. The van der Waals surface area contributed by atoms with Crippen LogP contribution in [0, 0.1) is 11.8 Å². The first-order chi connectivity index (χ1) is 19.7. The number of anilines is 1. The molecule has 3 heterocycles. The zero-order valence-corrected chi connectivity index (χ0v) is 24.0. The van der Waals surface area contributed by atoms with E-state index in [1.807, 2.05) is 4.90 Å². The van der Waals surface area contributed by atoms with E-state index in [0.29, 0.717) is 25.5 Å². The molecule has 1 fully saturated rings. The SMILES string of the molecule is CC#CCn1c(N2CCC[C@@H](NC(=O)OC(C)(C)C)C2)nc2c1c(=O)n(Cc1cccc(OC(F)(F)F)c1)c(=O)n2C. The number of carbonyl (C=O) groups excluding carboxylic acids is 1. The van der Waals surface area contributed by atoms with Gasteiger partial charge in [-0.2, -0.15) is 4.98 Å². The number of hydrogen-bond donors (Lipinski definition) is 1. The molecule has 11 nitrogen and oxygen atoms in total. The highest BCUT2D eigenvalue weighted by Crippen LogP contribution is 2.25. The molecule has 0 saturated carbocycles. The zero-order valence-electron chi connectivity index (χ0n) is 24.0. The van der Waals surface area contributed by atoms with Crippen molar-refractivity contribution in [2.24, 2.45) is 7.05 Å². The quantitative estimate of drug-likeness (QED) is 0.438. The molecular weight excluding hydrogens is 557 g/mol. The van der Waals surface area contributed by atoms with Crippen LogP contribution in [0.1, 0.15) is 46.1 Å². The molecular formula is C28H33F3N6O5. The molecule has 1 aliphatic rings. The van der Waals surface area contributed by atoms with Crippen molar-refractivity contribution < 1.29 is 27.4 Å². The fourth-order valence-electron chi connectivity index (χ4n) is 4.82. The van der Waals surface area contributed by atoms with Gasteiger partial charge in [-0.05, 0) is 58.2 Å². The molecule has 1 atom stereocenters. The smallest absolute Gasteiger partial charge is 0.444 e. The Labute approximate surface area is 239 Å². The third kappa shape index (κ3) is 7.07. The Hall–Kier alpha value is -4.41. The summed E-state index contributed by atoms with van der Waals surface area (Å²) in [5.41, 5.74) is -1.46. The molecule has 2 aromatic heterocycles. The van der Waals surface area contributed by atoms with Gasteiger partial charge >= 0.3 is 18.1 Å². The van der Waals surface area contributed by atoms with Crippen LogP contribution < -0.4 is 26.2 Å². The molecule has 42 heavy (non-hydrogen) atoms. The highest BCUT2D eigenvalue weighted by molar-refractivity contribution is 5.75. The normalized spacial score (nSPS) is 15.7. The maximum atomic E-state index is 13.8. The van der Waals surface area contributed by atoms with Crippen molar-refractivity contribution in [3.8, 4) is 17.6 Å². The fraction of sp³-hybridized carbons (Fsp3) is 0.500. The minimum absolute atomic E-state index is 0.103. The number of piperidine rings is 1. The van der Waals surface area contributed by atoms with E-state index in [0.717, 1.165) is 23.1 Å². The zero-order chi connectivity index (χ0) is 30.8. The first kappa shape index (κ1) is 30.5. The molecule has 0 radical (unpaired) electrons. The van der Waals surface area contributed by atoms with Crippen molar-refractivity contribution in [1.29, 1.82) is 0 Å². The number of imidazole rings is 1. The number of hydrogen-bond acceptors (Lipinski definition) is 7. The second kappa shape index (κ2) is 11.8. The van der Waals surface area contributed by atoms with Gasteiger partial charge in [0.05, 0.1) is 13.1 Å². The van der Waals surface area contributed by atoms with Crippen LogP contribution in [-0.2, 0) is 24.9 Å². The molecule has 4 rings (SSSR count). The van der Waals surface area contributed by atoms with E-state index >= 15 is 0 Å². The summed E-state index contributed by atoms with van der Waals surface area (Å²) in [4.78, 5) is 46.0. The molecule has 0 aliphatic carbocycles. The van der Waals surface area contributed by atoms with Gasteiger partial charge in [-0.1, -0.05) is 18.1 Å². The van der Waals surface area contributed by atoms with Crippen molar-refractivity contribution in [2.75, 3.05) is 18.0 Å². The third-order valence-corrected chi connectivity index (χ3v) is 6.52. The number of alkyl carbamates (subject to hydrolysis) is 1. The van der Waals surface area contributed by atoms with E-state index in [-0.39, 0.29) is 35.9 Å². The molecule has 1 saturated heterocycles. The van der Waals surface area contributed by atoms with Crippen LogP contribution in [0.25, 0.3) is 11.2 Å². The molecule has 1 amide bonds. The lowest BCUT2D eigenvalue weighted by atomic mass is 10.1. The van der Waals surface area contributed by atoms with E-state index in [1.54, 1.807) is 32.3 Å². The van der Waals surface area contributed by atoms with E-state index in [2.05, 4.69) is 26.9 Å². The molecule has 3 aromatic rings. The number of nitrogens with one attached hydrogen (secondary N) is 1. The summed E-state index contributed by atoms with van der Waals surface area (Å²) in [6.45, 7) is 7.78. The van der Waals surface area contributed by atoms with Gasteiger partial charge in [-0.15, -0.1) is 19.1 Å². The van der Waals surface area contributed by atoms with Crippen LogP contribution in [0.15, 0.2) is 33.9 Å². The number of benzene rings is 1. The molecule has 226 valence electrons. The van der Waals surface area contributed by atoms with Gasteiger partial charge in [0, 0.05) is 26.2 Å². The average Bonchev–Trinajstić information content (AvgIpc) is 3.26. The summed E-state index contributed by atoms with van der Waals surface area (Å²) >= 11 is 0. The van der Waals surface area contributed by atoms with Gasteiger partial charge in [0.15, 0.2) is 11.2 Å². The molecule has 1 aromatic carbocycles. The van der Waals surface area contributed by atoms with E-state index in [1.165, 1.54) is 23.7 Å². The van der Waals surface area contributed by atoms with Crippen LogP contribution >= 0.6 is 0 Å². The standard InChI is InChI=1S/C28H33F3N6O5/c1-6-7-14-36-21-22(33-24(36)35-13-9-11-19(17-35)32-25(39)42-27(2,3)4)34(5)26(40)37(23(21)38)16-18-10-8-12-20(15-18)41-28(29,30)31/h8,10,12,15,19H,9,11,13-14,16-17H2,1-5H3,(H,32,39)/t19-/m1/s1. The Kier molecular flexibility index (Phi) is 8.60. The van der Waals surface area contributed by atoms with Crippen LogP contribution in [-0.4, -0.2) is 55.9 Å². The average molecular weight is 591 g/mol. The summed E-state index contributed by atoms with van der Waals surface area (Å²) in [5.74, 6) is 5.71. The van der Waals surface area contributed by atoms with Gasteiger partial charge in [-0.3, -0.25) is 18.5 Å². The predicted octanol–water partition coefficient (Wildman–Crippen LogP) is 3.36. The Morgan fingerprint density at radius 3 is 2.60 bits per heavy atom. The fourth-order valence-corrected chi connectivity index (χ4v) is 4.82. The van der Waals surface area contributed by atoms with Gasteiger partial charge < -0.3 is 19.7 Å². The lowest BCUT2D eigenvalue weighted by Crippen LogP contribution is -2.49. The Morgan fingerprint density at radius 2 is 1.93 bits per heavy atom. The molecule has 0 bridgehead atoms. The first-order valence-electron chi connectivity index (χ1n) is 13.4. The van der Waals surface area contributed by atoms with E-state index in [4.69, 9.17) is 4.74 Å². The molecule has 0 unspecified atom stereocenters. The summed E-state index contributed by atoms with van der Waals surface area (Å²) in [7, 11) is 1.47. The second-order valence-corrected chi connectivity index (χ2v) is 11.0. The number of ether oxygens (including phenoxy) is 2. The summed E-state index contributed by atoms with van der Waals surface area (Å²) in [5, 5.41) is 2.89. The largest absolute Gasteiger partial charge is 0.573 e. The van der Waals surface area contributed by atoms with Crippen LogP contribution in [0.3, 0.4) is 0 Å². The minimum Gasteiger partial charge on any atom is -0.444 e. The lowest BCUT2D eigenvalue weighted by Gasteiger charge is -2.34. The molecule has 0 spiro atoms. The Bertz CT molecular complexity index is 1660. The first-order valence-corrected chi connectivity index (χ1v) is 13.4.